The minimum absolute atomic E-state index is 0.0405. The predicted octanol–water partition coefficient (Wildman–Crippen LogP) is 1.29. The quantitative estimate of drug-likeness (QED) is 0.429. The lowest BCUT2D eigenvalue weighted by atomic mass is 10.3. The smallest absolute Gasteiger partial charge is 0.324 e. The van der Waals surface area contributed by atoms with Gasteiger partial charge in [0.15, 0.2) is 0 Å². The van der Waals surface area contributed by atoms with E-state index in [1.165, 1.54) is 0 Å². The van der Waals surface area contributed by atoms with Gasteiger partial charge in [0, 0.05) is 6.42 Å². The van der Waals surface area contributed by atoms with Crippen molar-refractivity contribution in [1.82, 2.24) is 15.0 Å². The largest absolute Gasteiger partial charge is 0.463 e. The molecule has 3 N–H and O–H groups in total. The van der Waals surface area contributed by atoms with Crippen LogP contribution in [0, 0.1) is 0 Å². The number of nitrogens with one attached hydrogen (secondary N) is 1. The van der Waals surface area contributed by atoms with Crippen molar-refractivity contribution in [1.29, 1.82) is 0 Å². The number of rotatable bonds is 7. The van der Waals surface area contributed by atoms with E-state index in [1.807, 2.05) is 20.8 Å². The monoisotopic (exact) mass is 253 g/mol. The highest BCUT2D eigenvalue weighted by Gasteiger charge is 2.09. The molecule has 0 atom stereocenters. The van der Waals surface area contributed by atoms with E-state index in [0.717, 1.165) is 12.0 Å². The highest BCUT2D eigenvalue weighted by molar-refractivity contribution is 5.25. The van der Waals surface area contributed by atoms with Gasteiger partial charge >= 0.3 is 12.0 Å². The number of hydrazine groups is 1. The second kappa shape index (κ2) is 6.75. The Morgan fingerprint density at radius 2 is 2.00 bits per heavy atom. The second-order valence-electron chi connectivity index (χ2n) is 4.09. The Morgan fingerprint density at radius 1 is 1.33 bits per heavy atom. The molecule has 0 fully saturated rings. The Labute approximate surface area is 106 Å². The Bertz CT molecular complexity index is 408. The maximum atomic E-state index is 5.38. The van der Waals surface area contributed by atoms with Crippen LogP contribution in [0.2, 0.25) is 0 Å². The first kappa shape index (κ1) is 14.2. The molecule has 0 aliphatic heterocycles. The van der Waals surface area contributed by atoms with Gasteiger partial charge in [0.2, 0.25) is 5.95 Å². The minimum Gasteiger partial charge on any atom is -0.463 e. The average molecular weight is 253 g/mol. The Balaban J connectivity index is 2.73. The molecule has 1 aromatic heterocycles. The summed E-state index contributed by atoms with van der Waals surface area (Å²) in [6, 6.07) is 0.355. The molecule has 0 saturated carbocycles. The summed E-state index contributed by atoms with van der Waals surface area (Å²) in [6.07, 6.45) is 0.693. The molecule has 0 amide bonds. The molecule has 0 aliphatic rings. The third-order valence-corrected chi connectivity index (χ3v) is 1.82. The summed E-state index contributed by atoms with van der Waals surface area (Å²) in [4.78, 5) is 11.9. The summed E-state index contributed by atoms with van der Waals surface area (Å²) in [5.74, 6) is 5.47. The fourth-order valence-electron chi connectivity index (χ4n) is 1.05. The van der Waals surface area contributed by atoms with Crippen LogP contribution >= 0.6 is 0 Å². The van der Waals surface area contributed by atoms with Gasteiger partial charge in [0.05, 0.1) is 12.7 Å². The van der Waals surface area contributed by atoms with Crippen LogP contribution in [0.3, 0.4) is 0 Å². The standard InChI is InChI=1S/C11H19N5O2/c1-7(2)5-6-17-10-13-9(16-12)14-11(15-10)18-8(3)4/h8H,1,5-6,12H2,2-4H3,(H,13,14,15,16). The number of nitrogens with two attached hydrogens (primary N) is 1. The van der Waals surface area contributed by atoms with E-state index in [2.05, 4.69) is 27.0 Å². The van der Waals surface area contributed by atoms with Crippen molar-refractivity contribution in [2.45, 2.75) is 33.3 Å². The molecule has 100 valence electrons. The molecule has 0 bridgehead atoms. The van der Waals surface area contributed by atoms with Gasteiger partial charge in [0.25, 0.3) is 0 Å². The van der Waals surface area contributed by atoms with Crippen LogP contribution in [-0.4, -0.2) is 27.7 Å². The van der Waals surface area contributed by atoms with Crippen LogP contribution < -0.4 is 20.7 Å². The van der Waals surface area contributed by atoms with Gasteiger partial charge in [-0.1, -0.05) is 5.57 Å². The molecule has 0 radical (unpaired) electrons. The zero-order valence-corrected chi connectivity index (χ0v) is 10.9. The number of aromatic nitrogens is 3. The lowest BCUT2D eigenvalue weighted by Gasteiger charge is -2.10. The van der Waals surface area contributed by atoms with Gasteiger partial charge in [0.1, 0.15) is 0 Å². The molecule has 0 saturated heterocycles. The van der Waals surface area contributed by atoms with Crippen LogP contribution in [0.25, 0.3) is 0 Å². The van der Waals surface area contributed by atoms with Crippen LogP contribution in [-0.2, 0) is 0 Å². The van der Waals surface area contributed by atoms with Crippen molar-refractivity contribution in [2.75, 3.05) is 12.0 Å². The summed E-state index contributed by atoms with van der Waals surface area (Å²) in [7, 11) is 0. The van der Waals surface area contributed by atoms with Crippen LogP contribution in [0.15, 0.2) is 12.2 Å². The molecule has 1 aromatic rings. The van der Waals surface area contributed by atoms with Crippen molar-refractivity contribution >= 4 is 5.95 Å². The van der Waals surface area contributed by atoms with E-state index < -0.39 is 0 Å². The van der Waals surface area contributed by atoms with E-state index in [0.29, 0.717) is 6.61 Å². The van der Waals surface area contributed by atoms with Gasteiger partial charge in [-0.3, -0.25) is 5.43 Å². The van der Waals surface area contributed by atoms with Crippen molar-refractivity contribution in [3.63, 3.8) is 0 Å². The van der Waals surface area contributed by atoms with Crippen molar-refractivity contribution < 1.29 is 9.47 Å². The predicted molar refractivity (Wildman–Crippen MR) is 68.3 cm³/mol. The number of hydrogen-bond donors (Lipinski definition) is 2. The topological polar surface area (TPSA) is 95.2 Å². The Hall–Kier alpha value is -1.89. The van der Waals surface area contributed by atoms with Gasteiger partial charge in [-0.2, -0.15) is 9.97 Å². The molecule has 0 aliphatic carbocycles. The summed E-state index contributed by atoms with van der Waals surface area (Å²) < 4.78 is 10.8. The lowest BCUT2D eigenvalue weighted by Crippen LogP contribution is -2.15. The van der Waals surface area contributed by atoms with Crippen molar-refractivity contribution in [3.8, 4) is 12.0 Å². The number of anilines is 1. The Kier molecular flexibility index (Phi) is 5.31. The Morgan fingerprint density at radius 3 is 2.56 bits per heavy atom. The van der Waals surface area contributed by atoms with Crippen molar-refractivity contribution in [3.05, 3.63) is 12.2 Å². The molecule has 1 heterocycles. The highest BCUT2D eigenvalue weighted by atomic mass is 16.5. The summed E-state index contributed by atoms with van der Waals surface area (Å²) >= 11 is 0. The van der Waals surface area contributed by atoms with Gasteiger partial charge in [-0.05, 0) is 20.8 Å². The summed E-state index contributed by atoms with van der Waals surface area (Å²) in [5.41, 5.74) is 3.37. The molecular formula is C11H19N5O2. The number of ether oxygens (including phenoxy) is 2. The van der Waals surface area contributed by atoms with E-state index in [4.69, 9.17) is 15.3 Å². The first-order chi connectivity index (χ1) is 8.51. The zero-order chi connectivity index (χ0) is 13.5. The summed E-state index contributed by atoms with van der Waals surface area (Å²) in [5, 5.41) is 0. The summed E-state index contributed by atoms with van der Waals surface area (Å²) in [6.45, 7) is 9.92. The van der Waals surface area contributed by atoms with E-state index >= 15 is 0 Å². The maximum absolute atomic E-state index is 5.38. The van der Waals surface area contributed by atoms with Crippen LogP contribution in [0.1, 0.15) is 27.2 Å². The molecule has 0 unspecified atom stereocenters. The van der Waals surface area contributed by atoms with E-state index in [9.17, 15) is 0 Å². The number of nitrogens with zero attached hydrogens (tertiary/aromatic N) is 3. The molecule has 7 nitrogen and oxygen atoms in total. The van der Waals surface area contributed by atoms with Gasteiger partial charge in [-0.15, -0.1) is 11.6 Å². The lowest BCUT2D eigenvalue weighted by molar-refractivity contribution is 0.213. The molecule has 1 rings (SSSR count). The van der Waals surface area contributed by atoms with Crippen LogP contribution in [0.5, 0.6) is 12.0 Å². The third-order valence-electron chi connectivity index (χ3n) is 1.82. The maximum Gasteiger partial charge on any atom is 0.324 e. The zero-order valence-electron chi connectivity index (χ0n) is 10.9. The number of nitrogen functional groups attached to an aromatic ring is 1. The molecular weight excluding hydrogens is 234 g/mol. The van der Waals surface area contributed by atoms with Crippen molar-refractivity contribution in [2.24, 2.45) is 5.84 Å². The third kappa shape index (κ3) is 4.96. The minimum atomic E-state index is -0.0405. The normalized spacial score (nSPS) is 10.3. The van der Waals surface area contributed by atoms with Gasteiger partial charge in [-0.25, -0.2) is 5.84 Å². The molecule has 18 heavy (non-hydrogen) atoms. The molecule has 7 heteroatoms. The molecule has 0 spiro atoms. The van der Waals surface area contributed by atoms with E-state index in [1.54, 1.807) is 0 Å². The molecule has 0 aromatic carbocycles. The second-order valence-corrected chi connectivity index (χ2v) is 4.09. The van der Waals surface area contributed by atoms with Crippen LogP contribution in [0.4, 0.5) is 5.95 Å². The highest BCUT2D eigenvalue weighted by Crippen LogP contribution is 2.13. The van der Waals surface area contributed by atoms with Gasteiger partial charge < -0.3 is 9.47 Å². The average Bonchev–Trinajstić information content (AvgIpc) is 2.27. The fraction of sp³-hybridized carbons (Fsp3) is 0.545. The van der Waals surface area contributed by atoms with E-state index in [-0.39, 0.29) is 24.1 Å². The first-order valence-electron chi connectivity index (χ1n) is 5.67. The number of hydrogen-bond acceptors (Lipinski definition) is 7. The SMILES string of the molecule is C=C(C)CCOc1nc(NN)nc(OC(C)C)n1. The fourth-order valence-corrected chi connectivity index (χ4v) is 1.05. The first-order valence-corrected chi connectivity index (χ1v) is 5.67.